The number of alkyl halides is 1. The van der Waals surface area contributed by atoms with Gasteiger partial charge in [-0.3, -0.25) is 4.79 Å². The first-order valence-corrected chi connectivity index (χ1v) is 5.26. The smallest absolute Gasteiger partial charge is 0.306 e. The Balaban J connectivity index is 3.31. The van der Waals surface area contributed by atoms with E-state index >= 15 is 0 Å². The summed E-state index contributed by atoms with van der Waals surface area (Å²) < 4.78 is 4.85. The van der Waals surface area contributed by atoms with Crippen LogP contribution in [0.1, 0.15) is 19.3 Å². The second-order valence-corrected chi connectivity index (χ2v) is 3.19. The lowest BCUT2D eigenvalue weighted by Gasteiger charge is -1.99. The molecule has 0 aromatic carbocycles. The number of allylic oxidation sites excluding steroid dienone is 1. The summed E-state index contributed by atoms with van der Waals surface area (Å²) in [6.07, 6.45) is 10.5. The molecule has 0 unspecified atom stereocenters. The average Bonchev–Trinajstić information content (AvgIpc) is 2.13. The summed E-state index contributed by atoms with van der Waals surface area (Å²) in [5, 5.41) is 0.928. The first-order chi connectivity index (χ1) is 6.31. The summed E-state index contributed by atoms with van der Waals surface area (Å²) in [5.41, 5.74) is 0. The van der Waals surface area contributed by atoms with Gasteiger partial charge in [0.25, 0.3) is 0 Å². The molecule has 0 saturated heterocycles. The van der Waals surface area contributed by atoms with Crippen LogP contribution in [0, 0.1) is 12.3 Å². The van der Waals surface area contributed by atoms with Crippen LogP contribution in [0.4, 0.5) is 0 Å². The van der Waals surface area contributed by atoms with Gasteiger partial charge >= 0.3 is 5.97 Å². The molecular weight excluding hydrogens is 232 g/mol. The summed E-state index contributed by atoms with van der Waals surface area (Å²) in [4.78, 5) is 11.0. The van der Waals surface area contributed by atoms with Gasteiger partial charge in [-0.15, -0.1) is 6.42 Å². The van der Waals surface area contributed by atoms with Crippen LogP contribution < -0.4 is 0 Å². The van der Waals surface area contributed by atoms with E-state index in [4.69, 9.17) is 11.2 Å². The Labute approximate surface area is 87.5 Å². The molecule has 0 atom stereocenters. The van der Waals surface area contributed by atoms with Crippen LogP contribution in [-0.4, -0.2) is 17.9 Å². The molecule has 0 amide bonds. The molecule has 0 spiro atoms. The first kappa shape index (κ1) is 12.2. The molecule has 0 N–H and O–H groups in total. The minimum atomic E-state index is -0.164. The quantitative estimate of drug-likeness (QED) is 0.310. The van der Waals surface area contributed by atoms with Crippen molar-refractivity contribution < 1.29 is 9.53 Å². The maximum atomic E-state index is 11.0. The third-order valence-electron chi connectivity index (χ3n) is 1.32. The van der Waals surface area contributed by atoms with E-state index in [9.17, 15) is 4.79 Å². The fourth-order valence-electron chi connectivity index (χ4n) is 0.693. The number of hydrogen-bond acceptors (Lipinski definition) is 2. The topological polar surface area (TPSA) is 26.3 Å². The second kappa shape index (κ2) is 9.34. The molecule has 2 nitrogen and oxygen atoms in total. The number of unbranched alkanes of at least 4 members (excludes halogenated alkanes) is 1. The van der Waals surface area contributed by atoms with Crippen LogP contribution in [0.3, 0.4) is 0 Å². The van der Waals surface area contributed by atoms with E-state index < -0.39 is 0 Å². The Kier molecular flexibility index (Phi) is 8.80. The van der Waals surface area contributed by atoms with Gasteiger partial charge in [-0.1, -0.05) is 21.9 Å². The number of halogens is 1. The van der Waals surface area contributed by atoms with Crippen LogP contribution in [-0.2, 0) is 9.53 Å². The van der Waals surface area contributed by atoms with Crippen molar-refractivity contribution >= 4 is 21.9 Å². The fraction of sp³-hybridized carbons (Fsp3) is 0.500. The monoisotopic (exact) mass is 244 g/mol. The minimum Gasteiger partial charge on any atom is -0.461 e. The summed E-state index contributed by atoms with van der Waals surface area (Å²) in [7, 11) is 0. The maximum Gasteiger partial charge on any atom is 0.306 e. The second-order valence-electron chi connectivity index (χ2n) is 2.40. The number of esters is 1. The summed E-state index contributed by atoms with van der Waals surface area (Å²) in [6.45, 7) is 0.275. The Hall–Kier alpha value is -0.750. The van der Waals surface area contributed by atoms with E-state index in [0.717, 1.165) is 18.2 Å². The Morgan fingerprint density at radius 3 is 2.92 bits per heavy atom. The minimum absolute atomic E-state index is 0.164. The lowest BCUT2D eigenvalue weighted by Crippen LogP contribution is -2.03. The van der Waals surface area contributed by atoms with Crippen LogP contribution in [0.25, 0.3) is 0 Å². The van der Waals surface area contributed by atoms with Gasteiger partial charge in [-0.2, -0.15) is 0 Å². The number of ether oxygens (including phenoxy) is 1. The molecule has 0 fully saturated rings. The van der Waals surface area contributed by atoms with Crippen LogP contribution in [0.2, 0.25) is 0 Å². The van der Waals surface area contributed by atoms with Crippen molar-refractivity contribution in [2.24, 2.45) is 0 Å². The zero-order valence-electron chi connectivity index (χ0n) is 7.46. The van der Waals surface area contributed by atoms with Crippen molar-refractivity contribution in [3.63, 3.8) is 0 Å². The molecule has 13 heavy (non-hydrogen) atoms. The summed E-state index contributed by atoms with van der Waals surface area (Å²) in [6, 6.07) is 0. The molecule has 0 radical (unpaired) electrons. The molecule has 0 saturated carbocycles. The predicted octanol–water partition coefficient (Wildman–Crippen LogP) is 2.28. The molecule has 0 aromatic heterocycles. The molecular formula is C10H13BrO2. The van der Waals surface area contributed by atoms with Gasteiger partial charge in [0, 0.05) is 11.8 Å². The Morgan fingerprint density at radius 2 is 2.31 bits per heavy atom. The van der Waals surface area contributed by atoms with E-state index in [1.165, 1.54) is 6.08 Å². The maximum absolute atomic E-state index is 11.0. The molecule has 0 bridgehead atoms. The van der Waals surface area contributed by atoms with Gasteiger partial charge in [0.1, 0.15) is 6.61 Å². The molecule has 0 aliphatic rings. The van der Waals surface area contributed by atoms with Crippen LogP contribution in [0.15, 0.2) is 12.2 Å². The molecule has 0 rings (SSSR count). The van der Waals surface area contributed by atoms with Crippen LogP contribution >= 0.6 is 15.9 Å². The fourth-order valence-corrected chi connectivity index (χ4v) is 1.09. The van der Waals surface area contributed by atoms with Gasteiger partial charge in [-0.25, -0.2) is 0 Å². The van der Waals surface area contributed by atoms with Crippen molar-refractivity contribution in [3.05, 3.63) is 12.2 Å². The van der Waals surface area contributed by atoms with E-state index in [1.54, 1.807) is 6.08 Å². The number of terminal acetylenes is 1. The molecule has 0 aliphatic heterocycles. The number of rotatable bonds is 6. The molecule has 0 aliphatic carbocycles. The third-order valence-corrected chi connectivity index (χ3v) is 1.88. The van der Waals surface area contributed by atoms with Crippen LogP contribution in [0.5, 0.6) is 0 Å². The van der Waals surface area contributed by atoms with Gasteiger partial charge in [0.05, 0.1) is 0 Å². The normalized spacial score (nSPS) is 9.85. The van der Waals surface area contributed by atoms with E-state index in [2.05, 4.69) is 21.9 Å². The van der Waals surface area contributed by atoms with Gasteiger partial charge in [0.2, 0.25) is 0 Å². The van der Waals surface area contributed by atoms with Gasteiger partial charge < -0.3 is 4.74 Å². The SMILES string of the molecule is C#C/C=C/COC(=O)CCCCBr. The summed E-state index contributed by atoms with van der Waals surface area (Å²) >= 11 is 3.29. The predicted molar refractivity (Wildman–Crippen MR) is 56.6 cm³/mol. The standard InChI is InChI=1S/C10H13BrO2/c1-2-3-6-9-13-10(12)7-4-5-8-11/h1,3,6H,4-5,7-9H2/b6-3+. The van der Waals surface area contributed by atoms with Gasteiger partial charge in [0.15, 0.2) is 0 Å². The molecule has 72 valence electrons. The van der Waals surface area contributed by atoms with Crippen molar-refractivity contribution in [3.8, 4) is 12.3 Å². The highest BCUT2D eigenvalue weighted by molar-refractivity contribution is 9.09. The van der Waals surface area contributed by atoms with Crippen molar-refractivity contribution in [2.45, 2.75) is 19.3 Å². The first-order valence-electron chi connectivity index (χ1n) is 4.14. The average molecular weight is 245 g/mol. The highest BCUT2D eigenvalue weighted by Crippen LogP contribution is 1.99. The lowest BCUT2D eigenvalue weighted by atomic mass is 10.2. The Morgan fingerprint density at radius 1 is 1.54 bits per heavy atom. The van der Waals surface area contributed by atoms with E-state index in [1.807, 2.05) is 0 Å². The number of hydrogen-bond donors (Lipinski definition) is 0. The molecule has 3 heteroatoms. The van der Waals surface area contributed by atoms with Crippen molar-refractivity contribution in [1.29, 1.82) is 0 Å². The highest BCUT2D eigenvalue weighted by atomic mass is 79.9. The van der Waals surface area contributed by atoms with E-state index in [-0.39, 0.29) is 12.6 Å². The zero-order valence-corrected chi connectivity index (χ0v) is 9.05. The van der Waals surface area contributed by atoms with Crippen molar-refractivity contribution in [1.82, 2.24) is 0 Å². The number of carbonyl (C=O) groups excluding carboxylic acids is 1. The molecule has 0 aromatic rings. The largest absolute Gasteiger partial charge is 0.461 e. The summed E-state index contributed by atoms with van der Waals surface area (Å²) in [5.74, 6) is 2.15. The Bertz CT molecular complexity index is 203. The highest BCUT2D eigenvalue weighted by Gasteiger charge is 1.99. The van der Waals surface area contributed by atoms with E-state index in [0.29, 0.717) is 6.42 Å². The molecule has 0 heterocycles. The van der Waals surface area contributed by atoms with Crippen molar-refractivity contribution in [2.75, 3.05) is 11.9 Å². The lowest BCUT2D eigenvalue weighted by molar-refractivity contribution is -0.142. The number of carbonyl (C=O) groups is 1. The van der Waals surface area contributed by atoms with Gasteiger partial charge in [-0.05, 0) is 25.0 Å². The zero-order chi connectivity index (χ0) is 9.94. The third kappa shape index (κ3) is 9.16.